The van der Waals surface area contributed by atoms with Crippen molar-refractivity contribution in [2.24, 2.45) is 0 Å². The highest BCUT2D eigenvalue weighted by molar-refractivity contribution is 5.97. The highest BCUT2D eigenvalue weighted by Crippen LogP contribution is 2.17. The minimum atomic E-state index is -0.0838. The summed E-state index contributed by atoms with van der Waals surface area (Å²) in [6.07, 6.45) is 3.17. The Balaban J connectivity index is 1.60. The van der Waals surface area contributed by atoms with E-state index in [-0.39, 0.29) is 18.0 Å². The number of amides is 3. The zero-order valence-electron chi connectivity index (χ0n) is 13.4. The lowest BCUT2D eigenvalue weighted by Gasteiger charge is -2.33. The number of imidazole rings is 1. The van der Waals surface area contributed by atoms with Gasteiger partial charge in [-0.25, -0.2) is 9.78 Å². The highest BCUT2D eigenvalue weighted by Gasteiger charge is 2.25. The molecule has 0 spiro atoms. The van der Waals surface area contributed by atoms with Crippen LogP contribution in [-0.4, -0.2) is 64.9 Å². The van der Waals surface area contributed by atoms with Crippen LogP contribution in [0.1, 0.15) is 23.2 Å². The van der Waals surface area contributed by atoms with Crippen molar-refractivity contribution in [2.45, 2.75) is 18.9 Å². The summed E-state index contributed by atoms with van der Waals surface area (Å²) in [7, 11) is 3.44. The van der Waals surface area contributed by atoms with Crippen LogP contribution in [0.5, 0.6) is 0 Å². The number of carbonyl (C=O) groups is 2. The normalized spacial score (nSPS) is 15.7. The van der Waals surface area contributed by atoms with Gasteiger partial charge in [-0.1, -0.05) is 0 Å². The van der Waals surface area contributed by atoms with Crippen LogP contribution in [0.25, 0.3) is 11.0 Å². The zero-order chi connectivity index (χ0) is 16.4. The van der Waals surface area contributed by atoms with Gasteiger partial charge in [0.1, 0.15) is 0 Å². The Morgan fingerprint density at radius 2 is 2.04 bits per heavy atom. The van der Waals surface area contributed by atoms with Gasteiger partial charge >= 0.3 is 6.03 Å². The summed E-state index contributed by atoms with van der Waals surface area (Å²) in [5.41, 5.74) is 2.38. The number of rotatable bonds is 2. The van der Waals surface area contributed by atoms with Crippen molar-refractivity contribution in [3.63, 3.8) is 0 Å². The smallest absolute Gasteiger partial charge is 0.317 e. The molecule has 0 saturated carbocycles. The largest absolute Gasteiger partial charge is 0.345 e. The lowest BCUT2D eigenvalue weighted by atomic mass is 10.0. The second kappa shape index (κ2) is 6.28. The number of carbonyl (C=O) groups excluding carboxylic acids is 2. The molecule has 1 aromatic carbocycles. The molecule has 3 amide bonds. The fourth-order valence-corrected chi connectivity index (χ4v) is 2.78. The van der Waals surface area contributed by atoms with Gasteiger partial charge in [0.2, 0.25) is 0 Å². The van der Waals surface area contributed by atoms with Gasteiger partial charge in [-0.3, -0.25) is 4.79 Å². The summed E-state index contributed by atoms with van der Waals surface area (Å²) < 4.78 is 0. The maximum Gasteiger partial charge on any atom is 0.317 e. The Kier molecular flexibility index (Phi) is 4.18. The van der Waals surface area contributed by atoms with Gasteiger partial charge in [0, 0.05) is 38.8 Å². The molecule has 1 saturated heterocycles. The van der Waals surface area contributed by atoms with E-state index in [9.17, 15) is 9.59 Å². The number of nitrogens with one attached hydrogen (secondary N) is 2. The van der Waals surface area contributed by atoms with E-state index in [1.54, 1.807) is 20.4 Å². The topological polar surface area (TPSA) is 81.3 Å². The van der Waals surface area contributed by atoms with Gasteiger partial charge < -0.3 is 20.1 Å². The quantitative estimate of drug-likeness (QED) is 0.880. The number of hydrogen-bond acceptors (Lipinski definition) is 3. The van der Waals surface area contributed by atoms with E-state index < -0.39 is 0 Å². The molecule has 7 heteroatoms. The number of aromatic nitrogens is 2. The van der Waals surface area contributed by atoms with Crippen molar-refractivity contribution in [3.8, 4) is 0 Å². The molecule has 0 aliphatic carbocycles. The molecule has 2 N–H and O–H groups in total. The Morgan fingerprint density at radius 1 is 1.30 bits per heavy atom. The molecule has 0 atom stereocenters. The fourth-order valence-electron chi connectivity index (χ4n) is 2.78. The lowest BCUT2D eigenvalue weighted by Crippen LogP contribution is -2.48. The third kappa shape index (κ3) is 3.28. The number of H-pyrrole nitrogens is 1. The number of aromatic amines is 1. The second-order valence-electron chi connectivity index (χ2n) is 6.04. The van der Waals surface area contributed by atoms with E-state index in [1.807, 2.05) is 23.1 Å². The molecular weight excluding hydrogens is 294 g/mol. The first-order chi connectivity index (χ1) is 11.0. The number of urea groups is 1. The first-order valence-electron chi connectivity index (χ1n) is 7.75. The summed E-state index contributed by atoms with van der Waals surface area (Å²) in [5.74, 6) is 0.0267. The standard InChI is InChI=1S/C16H21N5O2/c1-20(2)16(23)19-12-5-7-21(8-6-12)15(22)11-3-4-13-14(9-11)18-10-17-13/h3-4,9-10,12H,5-8H2,1-2H3,(H,17,18)(H,19,23). The highest BCUT2D eigenvalue weighted by atomic mass is 16.2. The van der Waals surface area contributed by atoms with Crippen molar-refractivity contribution < 1.29 is 9.59 Å². The SMILES string of the molecule is CN(C)C(=O)NC1CCN(C(=O)c2ccc3nc[nH]c3c2)CC1. The Morgan fingerprint density at radius 3 is 2.74 bits per heavy atom. The predicted octanol–water partition coefficient (Wildman–Crippen LogP) is 1.44. The molecule has 23 heavy (non-hydrogen) atoms. The van der Waals surface area contributed by atoms with Crippen molar-refractivity contribution in [1.29, 1.82) is 0 Å². The molecule has 2 heterocycles. The zero-order valence-corrected chi connectivity index (χ0v) is 13.4. The van der Waals surface area contributed by atoms with E-state index in [2.05, 4.69) is 15.3 Å². The van der Waals surface area contributed by atoms with Crippen LogP contribution in [0, 0.1) is 0 Å². The number of likely N-dealkylation sites (tertiary alicyclic amines) is 1. The molecule has 1 aliphatic rings. The summed E-state index contributed by atoms with van der Waals surface area (Å²) in [6, 6.07) is 5.54. The molecule has 122 valence electrons. The maximum atomic E-state index is 12.6. The van der Waals surface area contributed by atoms with Crippen LogP contribution < -0.4 is 5.32 Å². The van der Waals surface area contributed by atoms with Crippen LogP contribution in [0.15, 0.2) is 24.5 Å². The predicted molar refractivity (Wildman–Crippen MR) is 87.2 cm³/mol. The molecule has 0 bridgehead atoms. The molecule has 2 aromatic rings. The first-order valence-corrected chi connectivity index (χ1v) is 7.75. The minimum absolute atomic E-state index is 0.0267. The van der Waals surface area contributed by atoms with E-state index in [1.165, 1.54) is 4.90 Å². The van der Waals surface area contributed by atoms with Gasteiger partial charge in [-0.2, -0.15) is 0 Å². The molecule has 1 aromatic heterocycles. The van der Waals surface area contributed by atoms with Gasteiger partial charge in [-0.05, 0) is 31.0 Å². The van der Waals surface area contributed by atoms with Crippen LogP contribution in [0.4, 0.5) is 4.79 Å². The summed E-state index contributed by atoms with van der Waals surface area (Å²) in [5, 5.41) is 2.97. The lowest BCUT2D eigenvalue weighted by molar-refractivity contribution is 0.0707. The number of nitrogens with zero attached hydrogens (tertiary/aromatic N) is 3. The van der Waals surface area contributed by atoms with Crippen LogP contribution >= 0.6 is 0 Å². The monoisotopic (exact) mass is 315 g/mol. The molecule has 7 nitrogen and oxygen atoms in total. The average molecular weight is 315 g/mol. The third-order valence-corrected chi connectivity index (χ3v) is 4.18. The van der Waals surface area contributed by atoms with Gasteiger partial charge in [0.25, 0.3) is 5.91 Å². The fraction of sp³-hybridized carbons (Fsp3) is 0.438. The summed E-state index contributed by atoms with van der Waals surface area (Å²) >= 11 is 0. The maximum absolute atomic E-state index is 12.6. The van der Waals surface area contributed by atoms with Gasteiger partial charge in [-0.15, -0.1) is 0 Å². The molecule has 3 rings (SSSR count). The molecule has 1 aliphatic heterocycles. The van der Waals surface area contributed by atoms with E-state index in [0.717, 1.165) is 23.9 Å². The van der Waals surface area contributed by atoms with Crippen molar-refractivity contribution >= 4 is 23.0 Å². The Labute approximate surface area is 134 Å². The van der Waals surface area contributed by atoms with E-state index in [0.29, 0.717) is 18.7 Å². The molecule has 0 unspecified atom stereocenters. The molecule has 1 fully saturated rings. The number of piperidine rings is 1. The van der Waals surface area contributed by atoms with Crippen LogP contribution in [0.2, 0.25) is 0 Å². The average Bonchev–Trinajstić information content (AvgIpc) is 3.02. The van der Waals surface area contributed by atoms with E-state index >= 15 is 0 Å². The first kappa shape index (κ1) is 15.3. The third-order valence-electron chi connectivity index (χ3n) is 4.18. The van der Waals surface area contributed by atoms with Gasteiger partial charge in [0.15, 0.2) is 0 Å². The summed E-state index contributed by atoms with van der Waals surface area (Å²) in [4.78, 5) is 34.8. The molecular formula is C16H21N5O2. The molecule has 0 radical (unpaired) electrons. The van der Waals surface area contributed by atoms with Crippen molar-refractivity contribution in [2.75, 3.05) is 27.2 Å². The van der Waals surface area contributed by atoms with Crippen LogP contribution in [0.3, 0.4) is 0 Å². The number of fused-ring (bicyclic) bond motifs is 1. The van der Waals surface area contributed by atoms with E-state index in [4.69, 9.17) is 0 Å². The number of hydrogen-bond donors (Lipinski definition) is 2. The van der Waals surface area contributed by atoms with Crippen molar-refractivity contribution in [1.82, 2.24) is 25.1 Å². The van der Waals surface area contributed by atoms with Gasteiger partial charge in [0.05, 0.1) is 17.4 Å². The Hall–Kier alpha value is -2.57. The summed E-state index contributed by atoms with van der Waals surface area (Å²) in [6.45, 7) is 1.30. The second-order valence-corrected chi connectivity index (χ2v) is 6.04. The minimum Gasteiger partial charge on any atom is -0.345 e. The Bertz CT molecular complexity index is 716. The van der Waals surface area contributed by atoms with Crippen molar-refractivity contribution in [3.05, 3.63) is 30.1 Å². The van der Waals surface area contributed by atoms with Crippen LogP contribution in [-0.2, 0) is 0 Å². The number of benzene rings is 1.